The highest BCUT2D eigenvalue weighted by Crippen LogP contribution is 2.22. The number of nitrogens with zero attached hydrogens (tertiary/aromatic N) is 1. The molecular weight excluding hydrogens is 354 g/mol. The van der Waals surface area contributed by atoms with Gasteiger partial charge in [0, 0.05) is 4.47 Å². The number of hydrogen-bond donors (Lipinski definition) is 0. The third-order valence-electron chi connectivity index (χ3n) is 3.18. The number of hydrogen-bond acceptors (Lipinski definition) is 4. The first-order valence-electron chi connectivity index (χ1n) is 7.06. The van der Waals surface area contributed by atoms with Gasteiger partial charge in [-0.3, -0.25) is 14.2 Å². The first-order chi connectivity index (χ1) is 10.1. The number of halogens is 1. The number of ether oxygens (including phenoxy) is 1. The summed E-state index contributed by atoms with van der Waals surface area (Å²) in [6.45, 7) is 2.55. The van der Waals surface area contributed by atoms with Crippen molar-refractivity contribution in [3.8, 4) is 0 Å². The number of esters is 1. The van der Waals surface area contributed by atoms with Crippen molar-refractivity contribution in [1.82, 2.24) is 4.57 Å². The van der Waals surface area contributed by atoms with Crippen LogP contribution in [-0.4, -0.2) is 17.1 Å². The van der Waals surface area contributed by atoms with Gasteiger partial charge in [-0.05, 0) is 24.6 Å². The number of unbranched alkanes of at least 4 members (excludes halogenated alkanes) is 3. The second-order valence-corrected chi connectivity index (χ2v) is 6.76. The van der Waals surface area contributed by atoms with Gasteiger partial charge in [0.15, 0.2) is 0 Å². The zero-order valence-corrected chi connectivity index (χ0v) is 14.3. The summed E-state index contributed by atoms with van der Waals surface area (Å²) in [6.07, 6.45) is 4.26. The van der Waals surface area contributed by atoms with Crippen LogP contribution in [0.3, 0.4) is 0 Å². The maximum absolute atomic E-state index is 12.0. The lowest BCUT2D eigenvalue weighted by Crippen LogP contribution is -2.21. The molecular formula is C15H18BrNO3S. The number of carbonyl (C=O) groups is 1. The molecule has 0 atom stereocenters. The predicted molar refractivity (Wildman–Crippen MR) is 88.9 cm³/mol. The molecule has 0 N–H and O–H groups in total. The first-order valence-corrected chi connectivity index (χ1v) is 8.67. The summed E-state index contributed by atoms with van der Waals surface area (Å²) in [7, 11) is 0. The molecule has 6 heteroatoms. The van der Waals surface area contributed by atoms with Gasteiger partial charge in [-0.15, -0.1) is 0 Å². The molecule has 1 aromatic carbocycles. The van der Waals surface area contributed by atoms with Gasteiger partial charge in [0.05, 0.1) is 16.8 Å². The van der Waals surface area contributed by atoms with E-state index in [-0.39, 0.29) is 17.4 Å². The molecule has 1 heterocycles. The van der Waals surface area contributed by atoms with E-state index in [1.54, 1.807) is 0 Å². The molecule has 2 rings (SSSR count). The third kappa shape index (κ3) is 4.41. The van der Waals surface area contributed by atoms with E-state index in [0.717, 1.165) is 51.7 Å². The minimum Gasteiger partial charge on any atom is -0.464 e. The van der Waals surface area contributed by atoms with Crippen LogP contribution in [0.1, 0.15) is 32.6 Å². The molecule has 0 aliphatic carbocycles. The zero-order valence-electron chi connectivity index (χ0n) is 11.9. The molecule has 1 aromatic heterocycles. The van der Waals surface area contributed by atoms with Gasteiger partial charge in [0.2, 0.25) is 0 Å². The van der Waals surface area contributed by atoms with Crippen LogP contribution in [0.2, 0.25) is 0 Å². The van der Waals surface area contributed by atoms with E-state index < -0.39 is 0 Å². The number of aromatic nitrogens is 1. The van der Waals surface area contributed by atoms with Gasteiger partial charge < -0.3 is 4.74 Å². The summed E-state index contributed by atoms with van der Waals surface area (Å²) in [6, 6.07) is 5.58. The molecule has 2 aromatic rings. The second-order valence-electron chi connectivity index (χ2n) is 4.85. The molecule has 21 heavy (non-hydrogen) atoms. The quantitative estimate of drug-likeness (QED) is 0.546. The Morgan fingerprint density at radius 2 is 2.14 bits per heavy atom. The van der Waals surface area contributed by atoms with E-state index in [1.165, 1.54) is 4.57 Å². The van der Waals surface area contributed by atoms with Crippen molar-refractivity contribution in [3.05, 3.63) is 32.3 Å². The molecule has 0 aliphatic heterocycles. The van der Waals surface area contributed by atoms with Crippen molar-refractivity contribution in [3.63, 3.8) is 0 Å². The number of fused-ring (bicyclic) bond motifs is 1. The second kappa shape index (κ2) is 7.75. The van der Waals surface area contributed by atoms with Gasteiger partial charge >= 0.3 is 10.8 Å². The van der Waals surface area contributed by atoms with Crippen molar-refractivity contribution in [1.29, 1.82) is 0 Å². The monoisotopic (exact) mass is 371 g/mol. The van der Waals surface area contributed by atoms with Gasteiger partial charge in [0.25, 0.3) is 0 Å². The summed E-state index contributed by atoms with van der Waals surface area (Å²) in [5.74, 6) is -0.351. The molecule has 4 nitrogen and oxygen atoms in total. The lowest BCUT2D eigenvalue weighted by molar-refractivity contribution is -0.144. The van der Waals surface area contributed by atoms with Crippen LogP contribution < -0.4 is 4.87 Å². The summed E-state index contributed by atoms with van der Waals surface area (Å²) >= 11 is 4.52. The fourth-order valence-corrected chi connectivity index (χ4v) is 3.52. The minimum atomic E-state index is -0.351. The molecule has 0 fully saturated rings. The van der Waals surface area contributed by atoms with E-state index in [9.17, 15) is 9.59 Å². The zero-order chi connectivity index (χ0) is 15.2. The maximum atomic E-state index is 12.0. The summed E-state index contributed by atoms with van der Waals surface area (Å²) in [5, 5.41) is 0. The van der Waals surface area contributed by atoms with E-state index in [4.69, 9.17) is 4.74 Å². The van der Waals surface area contributed by atoms with Gasteiger partial charge in [0.1, 0.15) is 6.54 Å². The topological polar surface area (TPSA) is 48.3 Å². The Kier molecular flexibility index (Phi) is 5.99. The Balaban J connectivity index is 1.98. The number of carbonyl (C=O) groups excluding carboxylic acids is 1. The number of benzene rings is 1. The van der Waals surface area contributed by atoms with Crippen LogP contribution in [-0.2, 0) is 16.1 Å². The Labute approximate surface area is 135 Å². The Hall–Kier alpha value is -1.14. The largest absolute Gasteiger partial charge is 0.464 e. The highest BCUT2D eigenvalue weighted by Gasteiger charge is 2.12. The summed E-state index contributed by atoms with van der Waals surface area (Å²) < 4.78 is 8.44. The molecule has 0 saturated carbocycles. The van der Waals surface area contributed by atoms with Gasteiger partial charge in [-0.25, -0.2) is 0 Å². The van der Waals surface area contributed by atoms with Crippen LogP contribution in [0.5, 0.6) is 0 Å². The van der Waals surface area contributed by atoms with Gasteiger partial charge in [-0.1, -0.05) is 53.5 Å². The number of thiazole rings is 1. The molecule has 0 amide bonds. The maximum Gasteiger partial charge on any atom is 0.326 e. The Morgan fingerprint density at radius 3 is 2.90 bits per heavy atom. The highest BCUT2D eigenvalue weighted by atomic mass is 79.9. The molecule has 0 spiro atoms. The summed E-state index contributed by atoms with van der Waals surface area (Å²) in [5.41, 5.74) is 0.774. The van der Waals surface area contributed by atoms with Crippen LogP contribution in [0, 0.1) is 0 Å². The lowest BCUT2D eigenvalue weighted by Gasteiger charge is -2.06. The number of rotatable bonds is 7. The average Bonchev–Trinajstić information content (AvgIpc) is 2.74. The van der Waals surface area contributed by atoms with Crippen molar-refractivity contribution in [2.75, 3.05) is 6.61 Å². The van der Waals surface area contributed by atoms with Crippen molar-refractivity contribution >= 4 is 43.5 Å². The Morgan fingerprint density at radius 1 is 1.33 bits per heavy atom. The fourth-order valence-electron chi connectivity index (χ4n) is 2.08. The average molecular weight is 372 g/mol. The third-order valence-corrected chi connectivity index (χ3v) is 4.61. The van der Waals surface area contributed by atoms with E-state index in [1.807, 2.05) is 18.2 Å². The first kappa shape index (κ1) is 16.2. The van der Waals surface area contributed by atoms with E-state index in [2.05, 4.69) is 22.9 Å². The van der Waals surface area contributed by atoms with Crippen molar-refractivity contribution < 1.29 is 9.53 Å². The SMILES string of the molecule is CCCCCCOC(=O)Cn1c(=O)sc2cc(Br)ccc21. The molecule has 0 aliphatic rings. The molecule has 0 unspecified atom stereocenters. The van der Waals surface area contributed by atoms with Crippen molar-refractivity contribution in [2.45, 2.75) is 39.2 Å². The van der Waals surface area contributed by atoms with Gasteiger partial charge in [-0.2, -0.15) is 0 Å². The molecule has 0 radical (unpaired) electrons. The van der Waals surface area contributed by atoms with E-state index >= 15 is 0 Å². The highest BCUT2D eigenvalue weighted by molar-refractivity contribution is 9.10. The van der Waals surface area contributed by atoms with Crippen LogP contribution in [0.15, 0.2) is 27.5 Å². The van der Waals surface area contributed by atoms with E-state index in [0.29, 0.717) is 6.61 Å². The Bertz CT molecular complexity index is 677. The predicted octanol–water partition coefficient (Wildman–Crippen LogP) is 3.95. The van der Waals surface area contributed by atoms with Crippen LogP contribution >= 0.6 is 27.3 Å². The minimum absolute atomic E-state index is 0.0196. The normalized spacial score (nSPS) is 11.0. The fraction of sp³-hybridized carbons (Fsp3) is 0.467. The lowest BCUT2D eigenvalue weighted by atomic mass is 10.2. The van der Waals surface area contributed by atoms with Crippen molar-refractivity contribution in [2.24, 2.45) is 0 Å². The van der Waals surface area contributed by atoms with Crippen LogP contribution in [0.4, 0.5) is 0 Å². The molecule has 114 valence electrons. The molecule has 0 saturated heterocycles. The summed E-state index contributed by atoms with van der Waals surface area (Å²) in [4.78, 5) is 23.6. The molecule has 0 bridgehead atoms. The smallest absolute Gasteiger partial charge is 0.326 e. The van der Waals surface area contributed by atoms with Crippen LogP contribution in [0.25, 0.3) is 10.2 Å². The standard InChI is InChI=1S/C15H18BrNO3S/c1-2-3-4-5-8-20-14(18)10-17-12-7-6-11(16)9-13(12)21-15(17)19/h6-7,9H,2-5,8,10H2,1H3.